The first kappa shape index (κ1) is 27.1. The lowest BCUT2D eigenvalue weighted by Crippen LogP contribution is -2.34. The van der Waals surface area contributed by atoms with E-state index in [9.17, 15) is 25.0 Å². The van der Waals surface area contributed by atoms with Crippen LogP contribution in [-0.4, -0.2) is 47.8 Å². The van der Waals surface area contributed by atoms with Crippen molar-refractivity contribution in [1.29, 1.82) is 0 Å². The number of carbonyl (C=O) groups is 1. The van der Waals surface area contributed by atoms with E-state index in [1.807, 2.05) is 0 Å². The first-order chi connectivity index (χ1) is 15.5. The first-order valence-electron chi connectivity index (χ1n) is 9.93. The maximum Gasteiger partial charge on any atom is 0.407 e. The Balaban J connectivity index is 0.000000361. The van der Waals surface area contributed by atoms with Crippen LogP contribution in [0.15, 0.2) is 48.5 Å². The smallest absolute Gasteiger partial charge is 0.407 e. The average molecular weight is 464 g/mol. The van der Waals surface area contributed by atoms with Gasteiger partial charge >= 0.3 is 6.09 Å². The Morgan fingerprint density at radius 3 is 1.67 bits per heavy atom. The summed E-state index contributed by atoms with van der Waals surface area (Å²) in [5.74, 6) is 1.10. The number of nitro benzene ring substituents is 2. The topological polar surface area (TPSA) is 169 Å². The second-order valence-corrected chi connectivity index (χ2v) is 7.42. The van der Waals surface area contributed by atoms with Gasteiger partial charge in [-0.1, -0.05) is 0 Å². The van der Waals surface area contributed by atoms with Crippen molar-refractivity contribution < 1.29 is 28.9 Å². The summed E-state index contributed by atoms with van der Waals surface area (Å²) in [6.45, 7) is 6.71. The van der Waals surface area contributed by atoms with Gasteiger partial charge in [0.15, 0.2) is 0 Å². The van der Waals surface area contributed by atoms with Crippen LogP contribution >= 0.6 is 0 Å². The molecule has 0 aromatic heterocycles. The fourth-order valence-corrected chi connectivity index (χ4v) is 2.14. The molecule has 0 radical (unpaired) electrons. The average Bonchev–Trinajstić information content (AvgIpc) is 2.75. The van der Waals surface area contributed by atoms with E-state index in [0.717, 1.165) is 0 Å². The number of rotatable bonds is 9. The third-order valence-corrected chi connectivity index (χ3v) is 3.52. The largest absolute Gasteiger partial charge is 0.492 e. The van der Waals surface area contributed by atoms with Gasteiger partial charge in [-0.15, -0.1) is 0 Å². The molecule has 180 valence electrons. The summed E-state index contributed by atoms with van der Waals surface area (Å²) in [6.07, 6.45) is -0.509. The molecule has 1 amide bonds. The van der Waals surface area contributed by atoms with E-state index in [-0.39, 0.29) is 24.5 Å². The minimum absolute atomic E-state index is 0.00392. The van der Waals surface area contributed by atoms with Crippen molar-refractivity contribution in [3.63, 3.8) is 0 Å². The Morgan fingerprint density at radius 2 is 1.30 bits per heavy atom. The van der Waals surface area contributed by atoms with Crippen molar-refractivity contribution in [2.24, 2.45) is 5.73 Å². The maximum atomic E-state index is 11.3. The van der Waals surface area contributed by atoms with E-state index in [1.54, 1.807) is 32.9 Å². The number of nitrogens with one attached hydrogen (secondary N) is 1. The summed E-state index contributed by atoms with van der Waals surface area (Å²) in [7, 11) is 0. The molecule has 3 N–H and O–H groups in total. The van der Waals surface area contributed by atoms with Gasteiger partial charge in [0.2, 0.25) is 0 Å². The highest BCUT2D eigenvalue weighted by Gasteiger charge is 2.15. The SMILES string of the molecule is CC(C)(C)OC(=O)NCCOc1ccc([N+](=O)[O-])cc1.NCCOc1ccc([N+](=O)[O-])cc1. The number of amides is 1. The van der Waals surface area contributed by atoms with Crippen LogP contribution < -0.4 is 20.5 Å². The van der Waals surface area contributed by atoms with E-state index in [2.05, 4.69) is 5.32 Å². The maximum absolute atomic E-state index is 11.3. The molecule has 0 atom stereocenters. The molecule has 2 aromatic carbocycles. The zero-order valence-corrected chi connectivity index (χ0v) is 18.7. The van der Waals surface area contributed by atoms with Crippen molar-refractivity contribution in [1.82, 2.24) is 5.32 Å². The number of nitrogens with zero attached hydrogens (tertiary/aromatic N) is 2. The quantitative estimate of drug-likeness (QED) is 0.320. The summed E-state index contributed by atoms with van der Waals surface area (Å²) in [6, 6.07) is 11.6. The number of non-ortho nitro benzene ring substituents is 2. The number of benzene rings is 2. The van der Waals surface area contributed by atoms with Gasteiger partial charge in [-0.3, -0.25) is 20.2 Å². The molecular weight excluding hydrogens is 436 g/mol. The molecule has 0 bridgehead atoms. The van der Waals surface area contributed by atoms with Crippen LogP contribution in [0, 0.1) is 20.2 Å². The molecule has 0 aliphatic rings. The Bertz CT molecular complexity index is 896. The van der Waals surface area contributed by atoms with Crippen LogP contribution in [0.4, 0.5) is 16.2 Å². The molecule has 0 aliphatic heterocycles. The second kappa shape index (κ2) is 13.5. The molecule has 12 nitrogen and oxygen atoms in total. The van der Waals surface area contributed by atoms with Crippen LogP contribution in [0.3, 0.4) is 0 Å². The predicted molar refractivity (Wildman–Crippen MR) is 120 cm³/mol. The number of carbonyl (C=O) groups excluding carboxylic acids is 1. The number of hydrogen-bond donors (Lipinski definition) is 2. The van der Waals surface area contributed by atoms with E-state index >= 15 is 0 Å². The molecule has 0 heterocycles. The molecule has 0 unspecified atom stereocenters. The molecule has 0 saturated heterocycles. The van der Waals surface area contributed by atoms with Crippen molar-refractivity contribution in [2.45, 2.75) is 26.4 Å². The van der Waals surface area contributed by atoms with Crippen molar-refractivity contribution in [2.75, 3.05) is 26.3 Å². The Kier molecular flexibility index (Phi) is 11.1. The normalized spacial score (nSPS) is 10.3. The van der Waals surface area contributed by atoms with E-state index in [0.29, 0.717) is 24.7 Å². The molecular formula is C21H28N4O8. The Hall–Kier alpha value is -3.93. The number of ether oxygens (including phenoxy) is 3. The molecule has 0 aliphatic carbocycles. The molecule has 2 aromatic rings. The lowest BCUT2D eigenvalue weighted by atomic mass is 10.2. The number of alkyl carbamates (subject to hydrolysis) is 1. The van der Waals surface area contributed by atoms with Crippen LogP contribution in [0.1, 0.15) is 20.8 Å². The van der Waals surface area contributed by atoms with Gasteiger partial charge in [0.1, 0.15) is 30.3 Å². The predicted octanol–water partition coefficient (Wildman–Crippen LogP) is 3.43. The van der Waals surface area contributed by atoms with Crippen molar-refractivity contribution in [3.05, 3.63) is 68.8 Å². The van der Waals surface area contributed by atoms with Gasteiger partial charge in [-0.05, 0) is 45.0 Å². The summed E-state index contributed by atoms with van der Waals surface area (Å²) < 4.78 is 15.5. The molecule has 0 saturated carbocycles. The third kappa shape index (κ3) is 11.9. The zero-order valence-electron chi connectivity index (χ0n) is 18.7. The summed E-state index contributed by atoms with van der Waals surface area (Å²) in [5, 5.41) is 23.3. The first-order valence-corrected chi connectivity index (χ1v) is 9.93. The highest BCUT2D eigenvalue weighted by Crippen LogP contribution is 2.17. The van der Waals surface area contributed by atoms with Gasteiger partial charge < -0.3 is 25.3 Å². The van der Waals surface area contributed by atoms with Crippen LogP contribution in [0.2, 0.25) is 0 Å². The van der Waals surface area contributed by atoms with Gasteiger partial charge in [0, 0.05) is 30.8 Å². The van der Waals surface area contributed by atoms with Gasteiger partial charge in [-0.2, -0.15) is 0 Å². The summed E-state index contributed by atoms with van der Waals surface area (Å²) in [4.78, 5) is 31.1. The van der Waals surface area contributed by atoms with Gasteiger partial charge in [0.25, 0.3) is 11.4 Å². The standard InChI is InChI=1S/C13H18N2O5.C8H10N2O3/c1-13(2,3)20-12(16)14-8-9-19-11-6-4-10(5-7-11)15(17)18;9-5-6-13-8-3-1-7(2-4-8)10(11)12/h4-7H,8-9H2,1-3H3,(H,14,16);1-4H,5-6,9H2. The zero-order chi connectivity index (χ0) is 24.9. The minimum Gasteiger partial charge on any atom is -0.492 e. The third-order valence-electron chi connectivity index (χ3n) is 3.52. The monoisotopic (exact) mass is 464 g/mol. The van der Waals surface area contributed by atoms with Crippen LogP contribution in [0.5, 0.6) is 11.5 Å². The summed E-state index contributed by atoms with van der Waals surface area (Å²) in [5.41, 5.74) is 4.74. The van der Waals surface area contributed by atoms with E-state index in [4.69, 9.17) is 19.9 Å². The highest BCUT2D eigenvalue weighted by atomic mass is 16.6. The summed E-state index contributed by atoms with van der Waals surface area (Å²) >= 11 is 0. The molecule has 0 fully saturated rings. The lowest BCUT2D eigenvalue weighted by molar-refractivity contribution is -0.385. The minimum atomic E-state index is -0.538. The number of nitrogens with two attached hydrogens (primary N) is 1. The highest BCUT2D eigenvalue weighted by molar-refractivity contribution is 5.67. The van der Waals surface area contributed by atoms with Gasteiger partial charge in [0.05, 0.1) is 16.4 Å². The van der Waals surface area contributed by atoms with E-state index in [1.165, 1.54) is 36.4 Å². The molecule has 33 heavy (non-hydrogen) atoms. The number of hydrogen-bond acceptors (Lipinski definition) is 9. The molecule has 12 heteroatoms. The molecule has 2 rings (SSSR count). The Morgan fingerprint density at radius 1 is 0.879 bits per heavy atom. The Labute approximate surface area is 190 Å². The van der Waals surface area contributed by atoms with Crippen molar-refractivity contribution in [3.8, 4) is 11.5 Å². The fraction of sp³-hybridized carbons (Fsp3) is 0.381. The lowest BCUT2D eigenvalue weighted by Gasteiger charge is -2.19. The van der Waals surface area contributed by atoms with Crippen LogP contribution in [-0.2, 0) is 4.74 Å². The van der Waals surface area contributed by atoms with E-state index < -0.39 is 21.5 Å². The van der Waals surface area contributed by atoms with Crippen LogP contribution in [0.25, 0.3) is 0 Å². The second-order valence-electron chi connectivity index (χ2n) is 7.42. The number of nitro groups is 2. The van der Waals surface area contributed by atoms with Gasteiger partial charge in [-0.25, -0.2) is 4.79 Å². The fourth-order valence-electron chi connectivity index (χ4n) is 2.14. The van der Waals surface area contributed by atoms with Crippen molar-refractivity contribution >= 4 is 17.5 Å². The molecule has 0 spiro atoms.